The van der Waals surface area contributed by atoms with E-state index in [-0.39, 0.29) is 11.8 Å². The van der Waals surface area contributed by atoms with Gasteiger partial charge in [-0.15, -0.1) is 0 Å². The topological polar surface area (TPSA) is 79.0 Å². The molecule has 1 aromatic carbocycles. The van der Waals surface area contributed by atoms with Crippen LogP contribution in [-0.4, -0.2) is 63.2 Å². The molecule has 0 saturated carbocycles. The first-order chi connectivity index (χ1) is 11.7. The fourth-order valence-electron chi connectivity index (χ4n) is 1.94. The third kappa shape index (κ3) is 7.31. The van der Waals surface area contributed by atoms with Crippen molar-refractivity contribution in [2.45, 2.75) is 32.6 Å². The normalized spacial score (nSPS) is 11.6. The number of carbonyl (C=O) groups excluding carboxylic acids is 1. The summed E-state index contributed by atoms with van der Waals surface area (Å²) in [5.41, 5.74) is 0.902. The molecule has 0 bridgehead atoms. The van der Waals surface area contributed by atoms with Crippen LogP contribution < -0.4 is 9.50 Å². The molecule has 8 heteroatoms. The van der Waals surface area contributed by atoms with Crippen molar-refractivity contribution in [3.63, 3.8) is 0 Å². The number of nitrogens with one attached hydrogen (secondary N) is 1. The first-order valence-electron chi connectivity index (χ1n) is 8.35. The van der Waals surface area contributed by atoms with Crippen LogP contribution in [0.15, 0.2) is 24.3 Å². The predicted octanol–water partition coefficient (Wildman–Crippen LogP) is 1.90. The van der Waals surface area contributed by atoms with Crippen molar-refractivity contribution in [3.05, 3.63) is 29.8 Å². The van der Waals surface area contributed by atoms with Crippen LogP contribution in [0, 0.1) is 0 Å². The van der Waals surface area contributed by atoms with Crippen molar-refractivity contribution in [1.29, 1.82) is 0 Å². The van der Waals surface area contributed by atoms with Crippen LogP contribution in [0.2, 0.25) is 0 Å². The molecule has 1 aromatic rings. The quantitative estimate of drug-likeness (QED) is 0.671. The average Bonchev–Trinajstić information content (AvgIpc) is 2.52. The van der Waals surface area contributed by atoms with E-state index in [1.807, 2.05) is 25.9 Å². The smallest absolute Gasteiger partial charge is 0.317 e. The molecule has 0 aliphatic carbocycles. The van der Waals surface area contributed by atoms with E-state index in [4.69, 9.17) is 4.18 Å². The molecule has 0 aliphatic rings. The van der Waals surface area contributed by atoms with Gasteiger partial charge in [-0.1, -0.05) is 12.1 Å². The Kier molecular flexibility index (Phi) is 8.18. The molecule has 142 valence electrons. The summed E-state index contributed by atoms with van der Waals surface area (Å²) in [7, 11) is 0.305. The zero-order valence-corrected chi connectivity index (χ0v) is 16.5. The third-order valence-corrected chi connectivity index (χ3v) is 5.10. The Hall–Kier alpha value is -1.80. The number of benzene rings is 1. The second-order valence-corrected chi connectivity index (χ2v) is 8.42. The molecule has 0 heterocycles. The van der Waals surface area contributed by atoms with Gasteiger partial charge in [0, 0.05) is 26.2 Å². The maximum Gasteiger partial charge on any atom is 0.317 e. The van der Waals surface area contributed by atoms with Gasteiger partial charge in [0.15, 0.2) is 0 Å². The number of carbonyl (C=O) groups is 1. The highest BCUT2D eigenvalue weighted by atomic mass is 32.2. The number of amides is 2. The molecule has 0 saturated heterocycles. The Morgan fingerprint density at radius 2 is 1.76 bits per heavy atom. The molecule has 7 nitrogen and oxygen atoms in total. The summed E-state index contributed by atoms with van der Waals surface area (Å²) in [5, 5.41) is 2.20. The lowest BCUT2D eigenvalue weighted by Crippen LogP contribution is -2.42. The van der Waals surface area contributed by atoms with E-state index < -0.39 is 15.4 Å². The van der Waals surface area contributed by atoms with E-state index in [9.17, 15) is 13.2 Å². The van der Waals surface area contributed by atoms with E-state index in [0.29, 0.717) is 19.6 Å². The van der Waals surface area contributed by atoms with Gasteiger partial charge < -0.3 is 19.3 Å². The lowest BCUT2D eigenvalue weighted by atomic mass is 10.2. The Labute approximate surface area is 151 Å². The van der Waals surface area contributed by atoms with Crippen molar-refractivity contribution in [2.24, 2.45) is 0 Å². The van der Waals surface area contributed by atoms with E-state index in [0.717, 1.165) is 12.1 Å². The fraction of sp³-hybridized carbons (Fsp3) is 0.588. The number of hydrogen-bond acceptors (Lipinski definition) is 5. The van der Waals surface area contributed by atoms with Gasteiger partial charge in [0.05, 0.1) is 5.25 Å². The van der Waals surface area contributed by atoms with E-state index in [2.05, 4.69) is 5.32 Å². The number of rotatable bonds is 9. The summed E-state index contributed by atoms with van der Waals surface area (Å²) in [4.78, 5) is 15.9. The average molecular weight is 372 g/mol. The Morgan fingerprint density at radius 3 is 2.24 bits per heavy atom. The van der Waals surface area contributed by atoms with E-state index in [1.54, 1.807) is 43.0 Å². The lowest BCUT2D eigenvalue weighted by molar-refractivity contribution is 0.189. The number of likely N-dealkylation sites (N-methyl/N-ethyl adjacent to an activating group) is 1. The summed E-state index contributed by atoms with van der Waals surface area (Å²) in [6, 6.07) is 6.64. The van der Waals surface area contributed by atoms with E-state index in [1.165, 1.54) is 0 Å². The summed E-state index contributed by atoms with van der Waals surface area (Å²) in [6.07, 6.45) is 0. The minimum absolute atomic E-state index is 0.118. The van der Waals surface area contributed by atoms with Gasteiger partial charge in [-0.2, -0.15) is 8.42 Å². The van der Waals surface area contributed by atoms with Crippen LogP contribution in [0.25, 0.3) is 0 Å². The van der Waals surface area contributed by atoms with Crippen LogP contribution >= 0.6 is 0 Å². The molecular formula is C17H29N3O4S. The van der Waals surface area contributed by atoms with Crippen molar-refractivity contribution in [2.75, 3.05) is 33.7 Å². The van der Waals surface area contributed by atoms with E-state index >= 15 is 0 Å². The summed E-state index contributed by atoms with van der Waals surface area (Å²) >= 11 is 0. The molecular weight excluding hydrogens is 342 g/mol. The highest BCUT2D eigenvalue weighted by Crippen LogP contribution is 2.17. The molecule has 2 amide bonds. The maximum atomic E-state index is 12.2. The van der Waals surface area contributed by atoms with Crippen LogP contribution in [0.1, 0.15) is 26.3 Å². The van der Waals surface area contributed by atoms with Gasteiger partial charge in [0.1, 0.15) is 5.75 Å². The van der Waals surface area contributed by atoms with Crippen molar-refractivity contribution >= 4 is 16.1 Å². The van der Waals surface area contributed by atoms with Gasteiger partial charge in [0.25, 0.3) is 0 Å². The third-order valence-electron chi connectivity index (χ3n) is 3.52. The highest BCUT2D eigenvalue weighted by molar-refractivity contribution is 7.87. The van der Waals surface area contributed by atoms with Crippen molar-refractivity contribution in [3.8, 4) is 5.75 Å². The van der Waals surface area contributed by atoms with Gasteiger partial charge in [-0.25, -0.2) is 4.79 Å². The molecule has 0 aromatic heterocycles. The van der Waals surface area contributed by atoms with Crippen molar-refractivity contribution in [1.82, 2.24) is 15.1 Å². The SMILES string of the molecule is CCNC(=O)N(CCN(C)C)Cc1ccc(OS(=O)(=O)C(C)C)cc1. The molecule has 0 fully saturated rings. The number of urea groups is 1. The number of nitrogens with zero attached hydrogens (tertiary/aromatic N) is 2. The zero-order valence-electron chi connectivity index (χ0n) is 15.7. The summed E-state index contributed by atoms with van der Waals surface area (Å²) in [6.45, 7) is 7.37. The number of hydrogen-bond donors (Lipinski definition) is 1. The second-order valence-electron chi connectivity index (χ2n) is 6.33. The molecule has 25 heavy (non-hydrogen) atoms. The Balaban J connectivity index is 2.79. The molecule has 0 spiro atoms. The Bertz CT molecular complexity index is 642. The standard InChI is InChI=1S/C17H29N3O4S/c1-6-18-17(21)20(12-11-19(4)5)13-15-7-9-16(10-8-15)24-25(22,23)14(2)3/h7-10,14H,6,11-13H2,1-5H3,(H,18,21). The molecule has 0 unspecified atom stereocenters. The van der Waals surface area contributed by atoms with Crippen LogP contribution in [-0.2, 0) is 16.7 Å². The molecule has 1 rings (SSSR count). The van der Waals surface area contributed by atoms with Gasteiger partial charge in [-0.3, -0.25) is 0 Å². The minimum atomic E-state index is -3.61. The zero-order chi connectivity index (χ0) is 19.0. The molecule has 0 radical (unpaired) electrons. The monoisotopic (exact) mass is 371 g/mol. The van der Waals surface area contributed by atoms with Crippen molar-refractivity contribution < 1.29 is 17.4 Å². The summed E-state index contributed by atoms with van der Waals surface area (Å²) < 4.78 is 28.6. The largest absolute Gasteiger partial charge is 0.382 e. The van der Waals surface area contributed by atoms with Crippen LogP contribution in [0.5, 0.6) is 5.75 Å². The Morgan fingerprint density at radius 1 is 1.16 bits per heavy atom. The fourth-order valence-corrected chi connectivity index (χ4v) is 2.51. The van der Waals surface area contributed by atoms with Crippen LogP contribution in [0.3, 0.4) is 0 Å². The van der Waals surface area contributed by atoms with Gasteiger partial charge >= 0.3 is 16.1 Å². The molecule has 1 N–H and O–H groups in total. The molecule has 0 atom stereocenters. The van der Waals surface area contributed by atoms with Gasteiger partial charge in [0.2, 0.25) is 0 Å². The van der Waals surface area contributed by atoms with Gasteiger partial charge in [-0.05, 0) is 52.6 Å². The second kappa shape index (κ2) is 9.62. The maximum absolute atomic E-state index is 12.2. The first-order valence-corrected chi connectivity index (χ1v) is 9.82. The lowest BCUT2D eigenvalue weighted by Gasteiger charge is -2.24. The predicted molar refractivity (Wildman–Crippen MR) is 99.2 cm³/mol. The first kappa shape index (κ1) is 21.2. The summed E-state index contributed by atoms with van der Waals surface area (Å²) in [5.74, 6) is 0.273. The highest BCUT2D eigenvalue weighted by Gasteiger charge is 2.18. The molecule has 0 aliphatic heterocycles. The minimum Gasteiger partial charge on any atom is -0.382 e. The van der Waals surface area contributed by atoms with Crippen LogP contribution in [0.4, 0.5) is 4.79 Å².